The fourth-order valence-corrected chi connectivity index (χ4v) is 3.48. The fraction of sp³-hybridized carbons (Fsp3) is 0.333. The van der Waals surface area contributed by atoms with E-state index < -0.39 is 6.10 Å². The third-order valence-electron chi connectivity index (χ3n) is 5.39. The number of benzene rings is 2. The Bertz CT molecular complexity index is 943. The number of ether oxygens (including phenoxy) is 3. The lowest BCUT2D eigenvalue weighted by molar-refractivity contribution is -0.149. The van der Waals surface area contributed by atoms with Gasteiger partial charge in [-0.15, -0.1) is 0 Å². The first kappa shape index (κ1) is 20.5. The SMILES string of the molecule is CO/C(C)=C\C1C(C(=O)OC(C#N)c2cccc(Oc3ccccc3)c2)C1(C)C. The van der Waals surface area contributed by atoms with Crippen molar-refractivity contribution < 1.29 is 19.0 Å². The van der Waals surface area contributed by atoms with Gasteiger partial charge in [0.25, 0.3) is 0 Å². The molecule has 3 rings (SSSR count). The molecule has 5 nitrogen and oxygen atoms in total. The van der Waals surface area contributed by atoms with Crippen molar-refractivity contribution in [1.29, 1.82) is 5.26 Å². The summed E-state index contributed by atoms with van der Waals surface area (Å²) >= 11 is 0. The van der Waals surface area contributed by atoms with Crippen LogP contribution in [0.3, 0.4) is 0 Å². The average Bonchev–Trinajstić information content (AvgIpc) is 3.26. The molecule has 29 heavy (non-hydrogen) atoms. The van der Waals surface area contributed by atoms with E-state index in [2.05, 4.69) is 6.07 Å². The second-order valence-corrected chi connectivity index (χ2v) is 7.74. The maximum absolute atomic E-state index is 12.7. The third kappa shape index (κ3) is 4.60. The van der Waals surface area contributed by atoms with Crippen LogP contribution >= 0.6 is 0 Å². The summed E-state index contributed by atoms with van der Waals surface area (Å²) < 4.78 is 16.6. The molecular weight excluding hydrogens is 366 g/mol. The van der Waals surface area contributed by atoms with Gasteiger partial charge in [-0.1, -0.05) is 44.2 Å². The van der Waals surface area contributed by atoms with E-state index in [-0.39, 0.29) is 23.2 Å². The highest BCUT2D eigenvalue weighted by Crippen LogP contribution is 2.60. The highest BCUT2D eigenvalue weighted by atomic mass is 16.5. The minimum absolute atomic E-state index is 0.0297. The number of esters is 1. The van der Waals surface area contributed by atoms with Gasteiger partial charge in [0.05, 0.1) is 18.8 Å². The van der Waals surface area contributed by atoms with Crippen molar-refractivity contribution in [1.82, 2.24) is 0 Å². The predicted molar refractivity (Wildman–Crippen MR) is 109 cm³/mol. The van der Waals surface area contributed by atoms with Crippen molar-refractivity contribution in [2.24, 2.45) is 17.3 Å². The summed E-state index contributed by atoms with van der Waals surface area (Å²) in [6.07, 6.45) is 0.952. The summed E-state index contributed by atoms with van der Waals surface area (Å²) in [5.74, 6) is 1.39. The summed E-state index contributed by atoms with van der Waals surface area (Å²) in [5.41, 5.74) is 0.350. The Balaban J connectivity index is 1.71. The molecule has 1 aliphatic carbocycles. The molecule has 1 fully saturated rings. The number of carbonyl (C=O) groups excluding carboxylic acids is 1. The van der Waals surface area contributed by atoms with Gasteiger partial charge in [-0.25, -0.2) is 0 Å². The minimum atomic E-state index is -0.994. The summed E-state index contributed by atoms with van der Waals surface area (Å²) in [7, 11) is 1.60. The molecule has 0 N–H and O–H groups in total. The van der Waals surface area contributed by atoms with E-state index in [1.807, 2.05) is 57.2 Å². The number of methoxy groups -OCH3 is 1. The summed E-state index contributed by atoms with van der Waals surface area (Å²) in [4.78, 5) is 12.7. The average molecular weight is 391 g/mol. The molecule has 0 saturated heterocycles. The van der Waals surface area contributed by atoms with Crippen LogP contribution in [0.25, 0.3) is 0 Å². The second kappa shape index (κ2) is 8.40. The van der Waals surface area contributed by atoms with Gasteiger partial charge in [0.2, 0.25) is 6.10 Å². The summed E-state index contributed by atoms with van der Waals surface area (Å²) in [5, 5.41) is 9.59. The standard InChI is InChI=1S/C24H25NO4/c1-16(27-4)13-20-22(24(20,2)3)23(26)29-21(15-25)17-9-8-12-19(14-17)28-18-10-6-5-7-11-18/h5-14,20-22H,1-4H3/b16-13-. The van der Waals surface area contributed by atoms with Crippen molar-refractivity contribution in [3.63, 3.8) is 0 Å². The Morgan fingerprint density at radius 2 is 1.83 bits per heavy atom. The normalized spacial score (nSPS) is 20.9. The van der Waals surface area contributed by atoms with E-state index in [4.69, 9.17) is 14.2 Å². The molecule has 5 heteroatoms. The van der Waals surface area contributed by atoms with Crippen LogP contribution in [0.4, 0.5) is 0 Å². The molecule has 3 unspecified atom stereocenters. The molecule has 3 atom stereocenters. The number of carbonyl (C=O) groups is 1. The molecule has 0 heterocycles. The molecule has 0 aliphatic heterocycles. The Morgan fingerprint density at radius 3 is 2.48 bits per heavy atom. The van der Waals surface area contributed by atoms with Crippen molar-refractivity contribution in [2.75, 3.05) is 7.11 Å². The number of hydrogen-bond donors (Lipinski definition) is 0. The number of hydrogen-bond acceptors (Lipinski definition) is 5. The quantitative estimate of drug-likeness (QED) is 0.466. The van der Waals surface area contributed by atoms with E-state index in [0.717, 1.165) is 5.76 Å². The van der Waals surface area contributed by atoms with Crippen LogP contribution in [0.5, 0.6) is 11.5 Å². The molecule has 0 amide bonds. The fourth-order valence-electron chi connectivity index (χ4n) is 3.48. The number of nitrogens with zero attached hydrogens (tertiary/aromatic N) is 1. The van der Waals surface area contributed by atoms with Gasteiger partial charge < -0.3 is 14.2 Å². The van der Waals surface area contributed by atoms with Gasteiger partial charge in [-0.3, -0.25) is 4.79 Å². The Hall–Kier alpha value is -3.26. The van der Waals surface area contributed by atoms with Gasteiger partial charge in [-0.2, -0.15) is 5.26 Å². The topological polar surface area (TPSA) is 68.5 Å². The predicted octanol–water partition coefficient (Wildman–Crippen LogP) is 5.41. The van der Waals surface area contributed by atoms with Crippen molar-refractivity contribution in [3.05, 3.63) is 72.0 Å². The molecule has 150 valence electrons. The molecule has 0 bridgehead atoms. The number of rotatable bonds is 7. The highest BCUT2D eigenvalue weighted by Gasteiger charge is 2.62. The van der Waals surface area contributed by atoms with Gasteiger partial charge in [-0.05, 0) is 42.7 Å². The lowest BCUT2D eigenvalue weighted by atomic mass is 10.1. The van der Waals surface area contributed by atoms with Crippen LogP contribution in [0, 0.1) is 28.6 Å². The van der Waals surface area contributed by atoms with Crippen LogP contribution in [0.15, 0.2) is 66.4 Å². The summed E-state index contributed by atoms with van der Waals surface area (Å²) in [6, 6.07) is 18.5. The maximum atomic E-state index is 12.7. The number of nitriles is 1. The van der Waals surface area contributed by atoms with Gasteiger partial charge >= 0.3 is 5.97 Å². The Labute approximate surface area is 171 Å². The highest BCUT2D eigenvalue weighted by molar-refractivity contribution is 5.78. The Morgan fingerprint density at radius 1 is 1.14 bits per heavy atom. The lowest BCUT2D eigenvalue weighted by Gasteiger charge is -2.13. The molecule has 1 aliphatic rings. The minimum Gasteiger partial charge on any atom is -0.502 e. The molecule has 0 aromatic heterocycles. The van der Waals surface area contributed by atoms with Gasteiger partial charge in [0.1, 0.15) is 17.6 Å². The van der Waals surface area contributed by atoms with Crippen LogP contribution < -0.4 is 4.74 Å². The van der Waals surface area contributed by atoms with E-state index in [1.165, 1.54) is 0 Å². The van der Waals surface area contributed by atoms with Crippen molar-refractivity contribution >= 4 is 5.97 Å². The van der Waals surface area contributed by atoms with Crippen LogP contribution in [0.1, 0.15) is 32.4 Å². The van der Waals surface area contributed by atoms with Crippen LogP contribution in [-0.4, -0.2) is 13.1 Å². The van der Waals surface area contributed by atoms with Gasteiger partial charge in [0, 0.05) is 11.5 Å². The van der Waals surface area contributed by atoms with E-state index in [1.54, 1.807) is 31.4 Å². The zero-order chi connectivity index (χ0) is 21.0. The van der Waals surface area contributed by atoms with E-state index in [9.17, 15) is 10.1 Å². The Kier molecular flexibility index (Phi) is 5.93. The van der Waals surface area contributed by atoms with E-state index in [0.29, 0.717) is 17.1 Å². The smallest absolute Gasteiger partial charge is 0.311 e. The number of allylic oxidation sites excluding steroid dienone is 2. The molecule has 2 aromatic carbocycles. The first-order valence-corrected chi connectivity index (χ1v) is 9.52. The number of para-hydroxylation sites is 1. The zero-order valence-electron chi connectivity index (χ0n) is 17.1. The van der Waals surface area contributed by atoms with Gasteiger partial charge in [0.15, 0.2) is 0 Å². The van der Waals surface area contributed by atoms with Crippen LogP contribution in [0.2, 0.25) is 0 Å². The van der Waals surface area contributed by atoms with Crippen LogP contribution in [-0.2, 0) is 14.3 Å². The van der Waals surface area contributed by atoms with E-state index >= 15 is 0 Å². The van der Waals surface area contributed by atoms with Crippen molar-refractivity contribution in [3.8, 4) is 17.6 Å². The molecule has 1 saturated carbocycles. The summed E-state index contributed by atoms with van der Waals surface area (Å²) in [6.45, 7) is 5.88. The molecular formula is C24H25NO4. The monoisotopic (exact) mass is 391 g/mol. The van der Waals surface area contributed by atoms with Crippen molar-refractivity contribution in [2.45, 2.75) is 26.9 Å². The second-order valence-electron chi connectivity index (χ2n) is 7.74. The largest absolute Gasteiger partial charge is 0.502 e. The lowest BCUT2D eigenvalue weighted by Crippen LogP contribution is -2.14. The molecule has 0 radical (unpaired) electrons. The third-order valence-corrected chi connectivity index (χ3v) is 5.39. The molecule has 2 aromatic rings. The maximum Gasteiger partial charge on any atom is 0.311 e. The molecule has 0 spiro atoms. The zero-order valence-corrected chi connectivity index (χ0v) is 17.1. The first-order chi connectivity index (χ1) is 13.9. The first-order valence-electron chi connectivity index (χ1n) is 9.52.